The molecule has 1 heterocycles. The number of ether oxygens (including phenoxy) is 3. The summed E-state index contributed by atoms with van der Waals surface area (Å²) in [5.41, 5.74) is 1.74. The quantitative estimate of drug-likeness (QED) is 0.689. The Morgan fingerprint density at radius 2 is 1.70 bits per heavy atom. The first-order chi connectivity index (χ1) is 13.2. The molecule has 0 aliphatic rings. The second-order valence-electron chi connectivity index (χ2n) is 5.62. The van der Waals surface area contributed by atoms with E-state index in [1.807, 2.05) is 6.07 Å². The second-order valence-corrected chi connectivity index (χ2v) is 5.62. The van der Waals surface area contributed by atoms with Crippen molar-refractivity contribution in [3.8, 4) is 28.6 Å². The van der Waals surface area contributed by atoms with E-state index < -0.39 is 0 Å². The predicted molar refractivity (Wildman–Crippen MR) is 99.2 cm³/mol. The topological polar surface area (TPSA) is 82.8 Å². The van der Waals surface area contributed by atoms with Crippen LogP contribution in [-0.4, -0.2) is 32.2 Å². The molecule has 0 fully saturated rings. The Morgan fingerprint density at radius 1 is 1.00 bits per heavy atom. The summed E-state index contributed by atoms with van der Waals surface area (Å²) < 4.78 is 21.1. The number of nitrogens with zero attached hydrogens (tertiary/aromatic N) is 1. The fourth-order valence-electron chi connectivity index (χ4n) is 2.63. The van der Waals surface area contributed by atoms with Crippen molar-refractivity contribution in [2.24, 2.45) is 0 Å². The van der Waals surface area contributed by atoms with Gasteiger partial charge in [-0.25, -0.2) is 4.98 Å². The highest BCUT2D eigenvalue weighted by Gasteiger charge is 2.18. The zero-order valence-corrected chi connectivity index (χ0v) is 15.3. The van der Waals surface area contributed by atoms with Gasteiger partial charge in [-0.1, -0.05) is 0 Å². The number of amides is 1. The van der Waals surface area contributed by atoms with Crippen LogP contribution in [0.3, 0.4) is 0 Å². The highest BCUT2D eigenvalue weighted by molar-refractivity contribution is 5.97. The Labute approximate surface area is 156 Å². The molecule has 0 saturated carbocycles. The van der Waals surface area contributed by atoms with Crippen LogP contribution in [0.4, 0.5) is 0 Å². The van der Waals surface area contributed by atoms with Crippen molar-refractivity contribution in [3.05, 3.63) is 60.1 Å². The number of aromatic nitrogens is 1. The van der Waals surface area contributed by atoms with Crippen LogP contribution < -0.4 is 19.5 Å². The smallest absolute Gasteiger partial charge is 0.274 e. The summed E-state index contributed by atoms with van der Waals surface area (Å²) in [5, 5.41) is 2.84. The van der Waals surface area contributed by atoms with Crippen molar-refractivity contribution in [2.75, 3.05) is 21.3 Å². The number of nitrogens with one attached hydrogen (secondary N) is 1. The van der Waals surface area contributed by atoms with Gasteiger partial charge in [-0.2, -0.15) is 0 Å². The lowest BCUT2D eigenvalue weighted by Gasteiger charge is -2.11. The standard InChI is InChI=1S/C20H20N2O5/c1-24-15-6-4-13(5-7-15)19-18(22-12-27-19)20(23)21-11-14-10-16(25-2)8-9-17(14)26-3/h4-10,12H,11H2,1-3H3,(H,21,23). The maximum atomic E-state index is 12.6. The number of benzene rings is 2. The molecule has 27 heavy (non-hydrogen) atoms. The molecule has 0 spiro atoms. The normalized spacial score (nSPS) is 10.3. The van der Waals surface area contributed by atoms with Crippen molar-refractivity contribution in [1.29, 1.82) is 0 Å². The molecule has 1 N–H and O–H groups in total. The maximum absolute atomic E-state index is 12.6. The lowest BCUT2D eigenvalue weighted by atomic mass is 10.1. The minimum atomic E-state index is -0.348. The molecule has 1 amide bonds. The van der Waals surface area contributed by atoms with Gasteiger partial charge < -0.3 is 23.9 Å². The maximum Gasteiger partial charge on any atom is 0.274 e. The molecule has 7 nitrogen and oxygen atoms in total. The number of methoxy groups -OCH3 is 3. The van der Waals surface area contributed by atoms with E-state index in [-0.39, 0.29) is 18.1 Å². The summed E-state index contributed by atoms with van der Waals surface area (Å²) in [6.45, 7) is 0.258. The number of hydrogen-bond donors (Lipinski definition) is 1. The average molecular weight is 368 g/mol. The number of carbonyl (C=O) groups excluding carboxylic acids is 1. The third-order valence-electron chi connectivity index (χ3n) is 4.06. The van der Waals surface area contributed by atoms with Gasteiger partial charge in [0, 0.05) is 17.7 Å². The Hall–Kier alpha value is -3.48. The summed E-state index contributed by atoms with van der Waals surface area (Å²) in [7, 11) is 4.75. The van der Waals surface area contributed by atoms with E-state index in [4.69, 9.17) is 18.6 Å². The Kier molecular flexibility index (Phi) is 5.61. The fraction of sp³-hybridized carbons (Fsp3) is 0.200. The highest BCUT2D eigenvalue weighted by atomic mass is 16.5. The molecule has 7 heteroatoms. The van der Waals surface area contributed by atoms with E-state index in [2.05, 4.69) is 10.3 Å². The average Bonchev–Trinajstić information content (AvgIpc) is 3.21. The van der Waals surface area contributed by atoms with E-state index in [0.717, 1.165) is 16.9 Å². The Balaban J connectivity index is 1.77. The number of rotatable bonds is 7. The van der Waals surface area contributed by atoms with Crippen molar-refractivity contribution < 1.29 is 23.4 Å². The number of hydrogen-bond acceptors (Lipinski definition) is 6. The zero-order chi connectivity index (χ0) is 19.2. The van der Waals surface area contributed by atoms with Crippen LogP contribution in [0.2, 0.25) is 0 Å². The summed E-state index contributed by atoms with van der Waals surface area (Å²) in [6, 6.07) is 12.6. The summed E-state index contributed by atoms with van der Waals surface area (Å²) in [4.78, 5) is 16.7. The first-order valence-corrected chi connectivity index (χ1v) is 8.23. The van der Waals surface area contributed by atoms with E-state index in [9.17, 15) is 4.79 Å². The van der Waals surface area contributed by atoms with Crippen LogP contribution in [-0.2, 0) is 6.54 Å². The molecule has 3 aromatic rings. The number of carbonyl (C=O) groups is 1. The van der Waals surface area contributed by atoms with Gasteiger partial charge in [0.25, 0.3) is 5.91 Å². The van der Waals surface area contributed by atoms with Crippen LogP contribution in [0.25, 0.3) is 11.3 Å². The zero-order valence-electron chi connectivity index (χ0n) is 15.3. The lowest BCUT2D eigenvalue weighted by molar-refractivity contribution is 0.0946. The minimum Gasteiger partial charge on any atom is -0.497 e. The third kappa shape index (κ3) is 4.03. The highest BCUT2D eigenvalue weighted by Crippen LogP contribution is 2.26. The monoisotopic (exact) mass is 368 g/mol. The molecule has 0 bridgehead atoms. The first kappa shape index (κ1) is 18.3. The summed E-state index contributed by atoms with van der Waals surface area (Å²) in [5.74, 6) is 2.11. The van der Waals surface area contributed by atoms with Crippen LogP contribution in [0.5, 0.6) is 17.2 Å². The summed E-state index contributed by atoms with van der Waals surface area (Å²) >= 11 is 0. The molecule has 0 saturated heterocycles. The van der Waals surface area contributed by atoms with Gasteiger partial charge in [0.2, 0.25) is 0 Å². The van der Waals surface area contributed by atoms with Crippen molar-refractivity contribution >= 4 is 5.91 Å². The second kappa shape index (κ2) is 8.27. The van der Waals surface area contributed by atoms with Crippen molar-refractivity contribution in [3.63, 3.8) is 0 Å². The molecule has 0 atom stereocenters. The third-order valence-corrected chi connectivity index (χ3v) is 4.06. The van der Waals surface area contributed by atoms with Gasteiger partial charge in [0.05, 0.1) is 21.3 Å². The Bertz CT molecular complexity index is 918. The molecule has 0 radical (unpaired) electrons. The largest absolute Gasteiger partial charge is 0.497 e. The van der Waals surface area contributed by atoms with Crippen LogP contribution in [0.15, 0.2) is 53.3 Å². The molecule has 2 aromatic carbocycles. The molecular weight excluding hydrogens is 348 g/mol. The molecule has 0 unspecified atom stereocenters. The molecule has 3 rings (SSSR count). The van der Waals surface area contributed by atoms with Gasteiger partial charge in [-0.05, 0) is 42.5 Å². The van der Waals surface area contributed by atoms with Gasteiger partial charge in [0.15, 0.2) is 17.8 Å². The predicted octanol–water partition coefficient (Wildman–Crippen LogP) is 3.30. The van der Waals surface area contributed by atoms with Gasteiger partial charge in [-0.3, -0.25) is 4.79 Å². The molecule has 140 valence electrons. The van der Waals surface area contributed by atoms with Crippen LogP contribution in [0.1, 0.15) is 16.1 Å². The number of oxazole rings is 1. The van der Waals surface area contributed by atoms with E-state index in [1.54, 1.807) is 57.7 Å². The Morgan fingerprint density at radius 3 is 2.37 bits per heavy atom. The molecule has 1 aromatic heterocycles. The van der Waals surface area contributed by atoms with Crippen molar-refractivity contribution in [2.45, 2.75) is 6.54 Å². The fourth-order valence-corrected chi connectivity index (χ4v) is 2.63. The van der Waals surface area contributed by atoms with E-state index in [0.29, 0.717) is 17.3 Å². The molecule has 0 aliphatic heterocycles. The summed E-state index contributed by atoms with van der Waals surface area (Å²) in [6.07, 6.45) is 1.25. The lowest BCUT2D eigenvalue weighted by Crippen LogP contribution is -2.24. The van der Waals surface area contributed by atoms with Gasteiger partial charge in [0.1, 0.15) is 17.2 Å². The first-order valence-electron chi connectivity index (χ1n) is 8.23. The van der Waals surface area contributed by atoms with Gasteiger partial charge in [-0.15, -0.1) is 0 Å². The molecule has 0 aliphatic carbocycles. The van der Waals surface area contributed by atoms with Crippen molar-refractivity contribution in [1.82, 2.24) is 10.3 Å². The van der Waals surface area contributed by atoms with Crippen LogP contribution >= 0.6 is 0 Å². The molecular formula is C20H20N2O5. The van der Waals surface area contributed by atoms with E-state index >= 15 is 0 Å². The minimum absolute atomic E-state index is 0.210. The SMILES string of the molecule is COc1ccc(-c2ocnc2C(=O)NCc2cc(OC)ccc2OC)cc1. The van der Waals surface area contributed by atoms with Crippen LogP contribution in [0, 0.1) is 0 Å². The van der Waals surface area contributed by atoms with E-state index in [1.165, 1.54) is 6.39 Å². The van der Waals surface area contributed by atoms with Gasteiger partial charge >= 0.3 is 0 Å².